The van der Waals surface area contributed by atoms with Crippen molar-refractivity contribution in [3.05, 3.63) is 227 Å². The van der Waals surface area contributed by atoms with E-state index in [-0.39, 0.29) is 63.8 Å². The molecule has 111 heavy (non-hydrogen) atoms. The van der Waals surface area contributed by atoms with Crippen molar-refractivity contribution in [3.8, 4) is 33.4 Å². The molecule has 2 aromatic carbocycles. The van der Waals surface area contributed by atoms with Crippen molar-refractivity contribution >= 4 is 110 Å². The van der Waals surface area contributed by atoms with Gasteiger partial charge in [-0.2, -0.15) is 0 Å². The van der Waals surface area contributed by atoms with E-state index in [0.717, 1.165) is 46.4 Å². The number of aromatic nitrogens is 10. The first-order valence-corrected chi connectivity index (χ1v) is 39.0. The highest BCUT2D eigenvalue weighted by Gasteiger charge is 2.29. The molecule has 0 aliphatic carbocycles. The fourth-order valence-corrected chi connectivity index (χ4v) is 14.2. The molecule has 0 aliphatic heterocycles. The highest BCUT2D eigenvalue weighted by molar-refractivity contribution is 7.93. The fourth-order valence-electron chi connectivity index (χ4n) is 10.8. The van der Waals surface area contributed by atoms with Gasteiger partial charge in [0.25, 0.3) is 17.7 Å². The van der Waals surface area contributed by atoms with Gasteiger partial charge in [0.05, 0.1) is 51.5 Å². The summed E-state index contributed by atoms with van der Waals surface area (Å²) in [6, 6.07) is 21.0. The van der Waals surface area contributed by atoms with Gasteiger partial charge >= 0.3 is 0 Å². The van der Waals surface area contributed by atoms with Crippen LogP contribution in [-0.2, 0) is 30.1 Å². The topological polar surface area (TPSA) is 418 Å². The fraction of sp³-hybridized carbons (Fsp3) is 0.216. The van der Waals surface area contributed by atoms with Gasteiger partial charge in [0.15, 0.2) is 35.4 Å². The van der Waals surface area contributed by atoms with Gasteiger partial charge < -0.3 is 36.0 Å². The molecule has 0 aliphatic rings. The highest BCUT2D eigenvalue weighted by atomic mass is 32.2. The van der Waals surface area contributed by atoms with Gasteiger partial charge in [-0.1, -0.05) is 39.0 Å². The third kappa shape index (κ3) is 20.3. The number of nitrogens with one attached hydrogen (secondary N) is 9. The van der Waals surface area contributed by atoms with E-state index in [0.29, 0.717) is 95.1 Å². The third-order valence-corrected chi connectivity index (χ3v) is 20.5. The number of aliphatic hydroxyl groups is 1. The van der Waals surface area contributed by atoms with Crippen molar-refractivity contribution in [2.75, 3.05) is 51.1 Å². The summed E-state index contributed by atoms with van der Waals surface area (Å²) in [6.45, 7) is 11.9. The van der Waals surface area contributed by atoms with E-state index in [1.807, 2.05) is 36.0 Å². The molecule has 1 atom stereocenters. The largest absolute Gasteiger partial charge is 0.383 e. The number of rotatable bonds is 26. The van der Waals surface area contributed by atoms with Crippen LogP contribution in [0.3, 0.4) is 0 Å². The van der Waals surface area contributed by atoms with Crippen LogP contribution in [0.15, 0.2) is 147 Å². The second-order valence-electron chi connectivity index (χ2n) is 24.1. The van der Waals surface area contributed by atoms with Crippen LogP contribution >= 0.6 is 0 Å². The molecule has 28 nitrogen and oxygen atoms in total. The first kappa shape index (κ1) is 82.7. The number of H-pyrrole nitrogens is 3. The van der Waals surface area contributed by atoms with Gasteiger partial charge in [0.2, 0.25) is 35.9 Å². The third-order valence-electron chi connectivity index (χ3n) is 16.1. The number of anilines is 3. The van der Waals surface area contributed by atoms with E-state index >= 15 is 8.78 Å². The zero-order chi connectivity index (χ0) is 80.5. The highest BCUT2D eigenvalue weighted by Crippen LogP contribution is 2.37. The first-order valence-electron chi connectivity index (χ1n) is 34.1. The van der Waals surface area contributed by atoms with Crippen molar-refractivity contribution in [3.63, 3.8) is 0 Å². The molecule has 0 bridgehead atoms. The van der Waals surface area contributed by atoms with Crippen LogP contribution < -0.4 is 30.1 Å². The molecule has 37 heteroatoms. The number of halogens is 6. The van der Waals surface area contributed by atoms with Crippen LogP contribution in [0.2, 0.25) is 0 Å². The Labute approximate surface area is 631 Å². The monoisotopic (exact) mass is 1590 g/mol. The molecule has 0 saturated carbocycles. The van der Waals surface area contributed by atoms with Crippen molar-refractivity contribution in [2.45, 2.75) is 66.9 Å². The van der Waals surface area contributed by atoms with Crippen LogP contribution in [0.25, 0.3) is 66.5 Å². The Balaban J connectivity index is 0.000000179. The molecule has 0 radical (unpaired) electrons. The Hall–Kier alpha value is -12.4. The Morgan fingerprint density at radius 3 is 1.38 bits per heavy atom. The number of benzene rings is 2. The zero-order valence-electron chi connectivity index (χ0n) is 59.9. The second-order valence-corrected chi connectivity index (χ2v) is 29.6. The summed E-state index contributed by atoms with van der Waals surface area (Å²) in [5.41, 5.74) is 3.41. The molecular formula is C74H72F6N16O12S3. The molecule has 10 N–H and O–H groups in total. The maximum Gasteiger partial charge on any atom is 0.269 e. The molecule has 3 amide bonds. The van der Waals surface area contributed by atoms with Crippen molar-refractivity contribution in [1.82, 2.24) is 65.8 Å². The van der Waals surface area contributed by atoms with E-state index < -0.39 is 111 Å². The Bertz CT molecular complexity index is 5780. The second kappa shape index (κ2) is 36.7. The number of aldehydes is 1. The van der Waals surface area contributed by atoms with E-state index in [9.17, 15) is 71.9 Å². The molecule has 580 valence electrons. The minimum Gasteiger partial charge on any atom is -0.383 e. The van der Waals surface area contributed by atoms with Gasteiger partial charge in [-0.15, -0.1) is 0 Å². The quantitative estimate of drug-likeness (QED) is 0.0137. The SMILES string of the molecule is CCCS(=O)(=O)Nc1ccc(F)c(C(=O)c2c[nH]c3ncc(-c4ccc(C(=O)NCC)nc4)cc23)c1F.CCCS(=O)(=O)Nc1ccc(F)c(C(O)c2c[nH]c3ncc(-c4ccc(C(=O)NCC)nc4)cc23)c1F.CCCS(=O)(=O)Nc1ncc(F)c(C=O)c1F.CCNC(=O)c1ccc(-c2cnc3[nH]ccc3c2)cn1. The molecule has 0 saturated heterocycles. The van der Waals surface area contributed by atoms with E-state index in [1.165, 1.54) is 31.0 Å². The molecule has 0 spiro atoms. The van der Waals surface area contributed by atoms with E-state index in [1.54, 1.807) is 95.7 Å². The number of carbonyl (C=O) groups is 5. The van der Waals surface area contributed by atoms with Crippen LogP contribution in [0, 0.1) is 34.9 Å². The molecule has 12 rings (SSSR count). The summed E-state index contributed by atoms with van der Waals surface area (Å²) < 4.78 is 163. The van der Waals surface area contributed by atoms with Gasteiger partial charge in [0.1, 0.15) is 51.8 Å². The number of pyridine rings is 7. The van der Waals surface area contributed by atoms with Gasteiger partial charge in [-0.05, 0) is 107 Å². The van der Waals surface area contributed by atoms with Gasteiger partial charge in [-0.25, -0.2) is 71.5 Å². The van der Waals surface area contributed by atoms with Crippen molar-refractivity contribution < 1.29 is 80.7 Å². The number of amides is 3. The first-order chi connectivity index (χ1) is 53.0. The van der Waals surface area contributed by atoms with Gasteiger partial charge in [0, 0.05) is 136 Å². The summed E-state index contributed by atoms with van der Waals surface area (Å²) in [4.78, 5) is 96.7. The average Bonchev–Trinajstić information content (AvgIpc) is 1.69. The summed E-state index contributed by atoms with van der Waals surface area (Å²) in [7, 11) is -11.4. The molecule has 10 aromatic heterocycles. The molecule has 1 unspecified atom stereocenters. The van der Waals surface area contributed by atoms with E-state index in [2.05, 4.69) is 75.2 Å². The Morgan fingerprint density at radius 1 is 0.459 bits per heavy atom. The Kier molecular flexibility index (Phi) is 27.3. The van der Waals surface area contributed by atoms with Crippen molar-refractivity contribution in [2.24, 2.45) is 0 Å². The number of aliphatic hydroxyl groups excluding tert-OH is 1. The number of ketones is 1. The number of carbonyl (C=O) groups excluding carboxylic acids is 5. The normalized spacial score (nSPS) is 11.6. The maximum atomic E-state index is 15.3. The Morgan fingerprint density at radius 2 is 0.901 bits per heavy atom. The zero-order valence-corrected chi connectivity index (χ0v) is 62.4. The van der Waals surface area contributed by atoms with Crippen molar-refractivity contribution in [1.29, 1.82) is 0 Å². The number of nitrogens with zero attached hydrogens (tertiary/aromatic N) is 7. The number of sulfonamides is 3. The molecule has 10 heterocycles. The summed E-state index contributed by atoms with van der Waals surface area (Å²) >= 11 is 0. The van der Waals surface area contributed by atoms with E-state index in [4.69, 9.17) is 0 Å². The lowest BCUT2D eigenvalue weighted by Gasteiger charge is -2.16. The summed E-state index contributed by atoms with van der Waals surface area (Å²) in [5, 5.41) is 20.8. The summed E-state index contributed by atoms with van der Waals surface area (Å²) in [6.07, 6.45) is 13.8. The van der Waals surface area contributed by atoms with Crippen LogP contribution in [-0.4, -0.2) is 147 Å². The number of hydrogen-bond donors (Lipinski definition) is 10. The minimum atomic E-state index is -3.87. The number of aromatic amines is 3. The van der Waals surface area contributed by atoms with Crippen LogP contribution in [0.5, 0.6) is 0 Å². The lowest BCUT2D eigenvalue weighted by atomic mass is 9.98. The molecule has 0 fully saturated rings. The molecule has 12 aromatic rings. The predicted octanol–water partition coefficient (Wildman–Crippen LogP) is 11.6. The minimum absolute atomic E-state index is 0.0377. The maximum absolute atomic E-state index is 15.3. The van der Waals surface area contributed by atoms with Gasteiger partial charge in [-0.3, -0.25) is 53.1 Å². The predicted molar refractivity (Wildman–Crippen MR) is 405 cm³/mol. The van der Waals surface area contributed by atoms with Crippen LogP contribution in [0.4, 0.5) is 43.5 Å². The average molecular weight is 1590 g/mol. The number of fused-ring (bicyclic) bond motifs is 3. The lowest BCUT2D eigenvalue weighted by Crippen LogP contribution is -2.23. The lowest BCUT2D eigenvalue weighted by molar-refractivity contribution is 0.0942. The smallest absolute Gasteiger partial charge is 0.269 e. The molecular weight excluding hydrogens is 1520 g/mol. The number of hydrogen-bond acceptors (Lipinski definition) is 19. The summed E-state index contributed by atoms with van der Waals surface area (Å²) in [5.74, 6) is -10.3. The standard InChI is InChI=1S/C25H25F2N5O4S.C25H23F2N5O4S.C15H14N4O.C9H10F2N2O3S/c2*1-3-9-37(35,36)32-19-8-6-18(26)21(22(19)27)23(33)17-13-31-24-16(17)10-15(12-30-24)14-5-7-20(29-11-14)25(34)28-4-2;1-2-16-15(20)13-4-3-11(8-18-13)12-7-10-5-6-17-14(10)19-9-12;1-2-3-17(15,16)13-9-8(11)6(5-14)7(10)4-12-9/h5-8,10-13,23,32-33H,3-4,9H2,1-2H3,(H,28,34)(H,30,31);5-8,10-13,32H,3-4,9H2,1-2H3,(H,28,34)(H,30,31);3-9H,2H2,1H3,(H,16,20)(H,17,19);4-5H,2-3H2,1H3,(H,12,13). The van der Waals surface area contributed by atoms with Crippen LogP contribution in [0.1, 0.15) is 136 Å².